The van der Waals surface area contributed by atoms with Crippen molar-refractivity contribution in [1.29, 1.82) is 5.26 Å². The van der Waals surface area contributed by atoms with Gasteiger partial charge in [-0.25, -0.2) is 13.1 Å². The lowest BCUT2D eigenvalue weighted by atomic mass is 10.4. The van der Waals surface area contributed by atoms with Gasteiger partial charge in [-0.05, 0) is 24.3 Å². The van der Waals surface area contributed by atoms with Gasteiger partial charge in [-0.3, -0.25) is 0 Å². The molecule has 0 fully saturated rings. The van der Waals surface area contributed by atoms with Crippen LogP contribution < -0.4 is 4.72 Å². The van der Waals surface area contributed by atoms with Crippen molar-refractivity contribution in [3.8, 4) is 6.07 Å². The first kappa shape index (κ1) is 13.3. The van der Waals surface area contributed by atoms with Gasteiger partial charge >= 0.3 is 0 Å². The fraction of sp³-hybridized carbons (Fsp3) is 0.222. The number of nitriles is 1. The Morgan fingerprint density at radius 3 is 2.44 bits per heavy atom. The lowest BCUT2D eigenvalue weighted by molar-refractivity contribution is 0.582. The van der Waals surface area contributed by atoms with Crippen molar-refractivity contribution in [3.63, 3.8) is 0 Å². The summed E-state index contributed by atoms with van der Waals surface area (Å²) in [4.78, 5) is 0.0821. The summed E-state index contributed by atoms with van der Waals surface area (Å²) in [6, 6.07) is 7.41. The highest BCUT2D eigenvalue weighted by Crippen LogP contribution is 2.13. The van der Waals surface area contributed by atoms with E-state index in [4.69, 9.17) is 28.5 Å². The van der Waals surface area contributed by atoms with E-state index in [0.717, 1.165) is 0 Å². The Labute approximate surface area is 104 Å². The topological polar surface area (TPSA) is 70.0 Å². The Morgan fingerprint density at radius 1 is 1.38 bits per heavy atom. The number of sulfonamides is 1. The third-order valence-corrected chi connectivity index (χ3v) is 3.66. The zero-order valence-electron chi connectivity index (χ0n) is 8.02. The molecule has 0 aliphatic heterocycles. The molecule has 0 aliphatic carbocycles. The molecule has 1 aromatic rings. The number of alkyl halides is 1. The average molecular weight is 279 g/mol. The highest BCUT2D eigenvalue weighted by Gasteiger charge is 2.15. The molecule has 0 heterocycles. The Morgan fingerprint density at radius 2 is 1.94 bits per heavy atom. The van der Waals surface area contributed by atoms with Crippen molar-refractivity contribution in [3.05, 3.63) is 29.3 Å². The Kier molecular flexibility index (Phi) is 4.56. The molecule has 0 bridgehead atoms. The van der Waals surface area contributed by atoms with E-state index in [-0.39, 0.29) is 11.4 Å². The molecule has 16 heavy (non-hydrogen) atoms. The van der Waals surface area contributed by atoms with Crippen molar-refractivity contribution in [1.82, 2.24) is 4.72 Å². The van der Waals surface area contributed by atoms with Crippen LogP contribution in [0.1, 0.15) is 0 Å². The third-order valence-electron chi connectivity index (χ3n) is 1.72. The fourth-order valence-corrected chi connectivity index (χ4v) is 2.27. The highest BCUT2D eigenvalue weighted by atomic mass is 35.5. The summed E-state index contributed by atoms with van der Waals surface area (Å²) in [7, 11) is -3.63. The van der Waals surface area contributed by atoms with E-state index < -0.39 is 15.4 Å². The van der Waals surface area contributed by atoms with Crippen molar-refractivity contribution in [2.75, 3.05) is 6.54 Å². The predicted molar refractivity (Wildman–Crippen MR) is 61.9 cm³/mol. The molecular formula is C9H8Cl2N2O2S. The van der Waals surface area contributed by atoms with Crippen molar-refractivity contribution >= 4 is 33.2 Å². The van der Waals surface area contributed by atoms with Crippen LogP contribution >= 0.6 is 23.2 Å². The molecule has 86 valence electrons. The van der Waals surface area contributed by atoms with E-state index in [1.54, 1.807) is 6.07 Å². The lowest BCUT2D eigenvalue weighted by Gasteiger charge is -2.06. The maximum Gasteiger partial charge on any atom is 0.240 e. The molecule has 4 nitrogen and oxygen atoms in total. The van der Waals surface area contributed by atoms with Gasteiger partial charge in [-0.2, -0.15) is 5.26 Å². The number of hydrogen-bond acceptors (Lipinski definition) is 3. The monoisotopic (exact) mass is 278 g/mol. The number of hydrogen-bond donors (Lipinski definition) is 1. The Balaban J connectivity index is 2.79. The van der Waals surface area contributed by atoms with Crippen LogP contribution in [0.2, 0.25) is 5.02 Å². The van der Waals surface area contributed by atoms with Gasteiger partial charge in [-0.15, -0.1) is 11.6 Å². The molecule has 0 saturated carbocycles. The maximum absolute atomic E-state index is 11.6. The number of nitrogens with one attached hydrogen (secondary N) is 1. The third kappa shape index (κ3) is 3.65. The summed E-state index contributed by atoms with van der Waals surface area (Å²) in [5.41, 5.74) is 0. The molecule has 1 rings (SSSR count). The summed E-state index contributed by atoms with van der Waals surface area (Å²) in [6.45, 7) is -0.136. The van der Waals surface area contributed by atoms with E-state index in [1.165, 1.54) is 24.3 Å². The predicted octanol–water partition coefficient (Wildman–Crippen LogP) is 1.75. The Hall–Kier alpha value is -0.800. The van der Waals surface area contributed by atoms with Crippen molar-refractivity contribution in [2.24, 2.45) is 0 Å². The van der Waals surface area contributed by atoms with Gasteiger partial charge in [0.25, 0.3) is 0 Å². The van der Waals surface area contributed by atoms with Gasteiger partial charge in [-0.1, -0.05) is 11.6 Å². The molecule has 1 aromatic carbocycles. The second-order valence-electron chi connectivity index (χ2n) is 2.90. The van der Waals surface area contributed by atoms with Crippen molar-refractivity contribution in [2.45, 2.75) is 10.3 Å². The molecule has 0 aromatic heterocycles. The summed E-state index contributed by atoms with van der Waals surface area (Å²) in [6.07, 6.45) is 0. The van der Waals surface area contributed by atoms with Crippen LogP contribution in [-0.4, -0.2) is 20.3 Å². The van der Waals surface area contributed by atoms with Crippen LogP contribution in [0.25, 0.3) is 0 Å². The van der Waals surface area contributed by atoms with Gasteiger partial charge < -0.3 is 0 Å². The Bertz CT molecular complexity index is 493. The first-order valence-corrected chi connectivity index (χ1v) is 6.54. The van der Waals surface area contributed by atoms with Crippen LogP contribution in [-0.2, 0) is 10.0 Å². The van der Waals surface area contributed by atoms with E-state index in [9.17, 15) is 8.42 Å². The lowest BCUT2D eigenvalue weighted by Crippen LogP contribution is -2.29. The average Bonchev–Trinajstić information content (AvgIpc) is 2.26. The summed E-state index contributed by atoms with van der Waals surface area (Å²) in [5, 5.41) is 7.97. The van der Waals surface area contributed by atoms with Crippen LogP contribution in [0, 0.1) is 11.3 Å². The van der Waals surface area contributed by atoms with Gasteiger partial charge in [0.15, 0.2) is 0 Å². The SMILES string of the molecule is N#C[C@@H](Cl)CNS(=O)(=O)c1ccc(Cl)cc1. The molecule has 0 aliphatic rings. The van der Waals surface area contributed by atoms with E-state index in [2.05, 4.69) is 4.72 Å². The first-order chi connectivity index (χ1) is 7.45. The molecule has 7 heteroatoms. The first-order valence-electron chi connectivity index (χ1n) is 4.24. The minimum atomic E-state index is -3.63. The number of halogens is 2. The van der Waals surface area contributed by atoms with Gasteiger partial charge in [0, 0.05) is 11.6 Å². The quantitative estimate of drug-likeness (QED) is 0.853. The summed E-state index contributed by atoms with van der Waals surface area (Å²) >= 11 is 11.1. The van der Waals surface area contributed by atoms with Crippen LogP contribution in [0.5, 0.6) is 0 Å². The maximum atomic E-state index is 11.6. The smallest absolute Gasteiger partial charge is 0.209 e. The molecule has 0 unspecified atom stereocenters. The van der Waals surface area contributed by atoms with Gasteiger partial charge in [0.1, 0.15) is 5.38 Å². The molecule has 0 radical (unpaired) electrons. The number of benzene rings is 1. The van der Waals surface area contributed by atoms with Crippen LogP contribution in [0.15, 0.2) is 29.2 Å². The van der Waals surface area contributed by atoms with Crippen molar-refractivity contribution < 1.29 is 8.42 Å². The van der Waals surface area contributed by atoms with E-state index in [0.29, 0.717) is 5.02 Å². The van der Waals surface area contributed by atoms with Gasteiger partial charge in [0.05, 0.1) is 11.0 Å². The van der Waals surface area contributed by atoms with E-state index in [1.807, 2.05) is 0 Å². The zero-order chi connectivity index (χ0) is 12.2. The normalized spacial score (nSPS) is 13.1. The van der Waals surface area contributed by atoms with E-state index >= 15 is 0 Å². The van der Waals surface area contributed by atoms with Crippen LogP contribution in [0.4, 0.5) is 0 Å². The standard InChI is InChI=1S/C9H8Cl2N2O2S/c10-7-1-3-9(4-2-7)16(14,15)13-6-8(11)5-12/h1-4,8,13H,6H2/t8-/m1/s1. The minimum absolute atomic E-state index is 0.0821. The summed E-state index contributed by atoms with van der Waals surface area (Å²) in [5.74, 6) is 0. The highest BCUT2D eigenvalue weighted by molar-refractivity contribution is 7.89. The molecule has 1 atom stereocenters. The number of rotatable bonds is 4. The molecule has 0 amide bonds. The number of nitrogens with zero attached hydrogens (tertiary/aromatic N) is 1. The zero-order valence-corrected chi connectivity index (χ0v) is 10.4. The fourth-order valence-electron chi connectivity index (χ4n) is 0.926. The minimum Gasteiger partial charge on any atom is -0.209 e. The van der Waals surface area contributed by atoms with Crippen LogP contribution in [0.3, 0.4) is 0 Å². The van der Waals surface area contributed by atoms with Gasteiger partial charge in [0.2, 0.25) is 10.0 Å². The molecule has 0 saturated heterocycles. The molecule has 0 spiro atoms. The summed E-state index contributed by atoms with van der Waals surface area (Å²) < 4.78 is 25.5. The molecular weight excluding hydrogens is 271 g/mol. The largest absolute Gasteiger partial charge is 0.240 e. The second kappa shape index (κ2) is 5.51. The molecule has 1 N–H and O–H groups in total. The second-order valence-corrected chi connectivity index (χ2v) is 5.63.